The molecule has 0 aliphatic carbocycles. The molecule has 126 valence electrons. The van der Waals surface area contributed by atoms with Gasteiger partial charge in [-0.2, -0.15) is 10.1 Å². The number of rotatable bonds is 7. The van der Waals surface area contributed by atoms with Gasteiger partial charge >= 0.3 is 0 Å². The molecule has 0 bridgehead atoms. The van der Waals surface area contributed by atoms with Gasteiger partial charge in [-0.25, -0.2) is 9.97 Å². The number of ether oxygens (including phenoxy) is 1. The van der Waals surface area contributed by atoms with Crippen LogP contribution in [-0.4, -0.2) is 37.9 Å². The van der Waals surface area contributed by atoms with Crippen molar-refractivity contribution in [3.8, 4) is 0 Å². The topological polar surface area (TPSA) is 77.8 Å². The van der Waals surface area contributed by atoms with Gasteiger partial charge in [0.05, 0.1) is 19.3 Å². The van der Waals surface area contributed by atoms with Crippen LogP contribution < -0.4 is 5.32 Å². The molecule has 0 aliphatic rings. The van der Waals surface area contributed by atoms with Crippen molar-refractivity contribution in [2.75, 3.05) is 18.5 Å². The monoisotopic (exact) mass is 346 g/mol. The highest BCUT2D eigenvalue weighted by molar-refractivity contribution is 6.28. The van der Waals surface area contributed by atoms with E-state index in [1.807, 2.05) is 23.7 Å². The van der Waals surface area contributed by atoms with Gasteiger partial charge in [0.2, 0.25) is 5.28 Å². The minimum atomic E-state index is 0.166. The van der Waals surface area contributed by atoms with Crippen LogP contribution in [0.3, 0.4) is 0 Å². The van der Waals surface area contributed by atoms with E-state index in [2.05, 4.69) is 32.3 Å². The molecule has 3 heterocycles. The molecule has 7 nitrogen and oxygen atoms in total. The molecule has 0 spiro atoms. The highest BCUT2D eigenvalue weighted by atomic mass is 35.5. The molecule has 3 rings (SSSR count). The molecule has 0 radical (unpaired) electrons. The second kappa shape index (κ2) is 7.55. The van der Waals surface area contributed by atoms with Crippen LogP contribution in [0.25, 0.3) is 11.0 Å². The van der Waals surface area contributed by atoms with E-state index in [4.69, 9.17) is 16.3 Å². The third-order valence-electron chi connectivity index (χ3n) is 3.42. The summed E-state index contributed by atoms with van der Waals surface area (Å²) in [5.41, 5.74) is 2.56. The molecule has 0 amide bonds. The lowest BCUT2D eigenvalue weighted by molar-refractivity contribution is 0.125. The molecular weight excluding hydrogens is 328 g/mol. The highest BCUT2D eigenvalue weighted by Gasteiger charge is 2.13. The van der Waals surface area contributed by atoms with Crippen molar-refractivity contribution in [2.45, 2.75) is 26.8 Å². The number of hydrogen-bond acceptors (Lipinski definition) is 6. The van der Waals surface area contributed by atoms with Crippen LogP contribution >= 0.6 is 11.6 Å². The van der Waals surface area contributed by atoms with Crippen molar-refractivity contribution < 1.29 is 4.74 Å². The van der Waals surface area contributed by atoms with Crippen LogP contribution in [0.4, 0.5) is 11.6 Å². The SMILES string of the molecule is CCCOCCn1ncc2nc(Cl)nc(Nc3cc(C)ccn3)c21. The summed E-state index contributed by atoms with van der Waals surface area (Å²) in [6.07, 6.45) is 4.41. The predicted octanol–water partition coefficient (Wildman–Crippen LogP) is 3.35. The second-order valence-corrected chi connectivity index (χ2v) is 5.74. The molecule has 0 aliphatic heterocycles. The number of pyridine rings is 1. The molecule has 24 heavy (non-hydrogen) atoms. The third kappa shape index (κ3) is 3.80. The number of nitrogens with one attached hydrogen (secondary N) is 1. The molecule has 8 heteroatoms. The number of aromatic nitrogens is 5. The van der Waals surface area contributed by atoms with Crippen molar-refractivity contribution in [2.24, 2.45) is 0 Å². The van der Waals surface area contributed by atoms with Gasteiger partial charge in [-0.15, -0.1) is 0 Å². The molecule has 3 aromatic rings. The number of hydrogen-bond donors (Lipinski definition) is 1. The summed E-state index contributed by atoms with van der Waals surface area (Å²) in [7, 11) is 0. The van der Waals surface area contributed by atoms with Crippen LogP contribution in [0, 0.1) is 6.92 Å². The van der Waals surface area contributed by atoms with Gasteiger partial charge in [0, 0.05) is 12.8 Å². The summed E-state index contributed by atoms with van der Waals surface area (Å²) < 4.78 is 7.36. The maximum absolute atomic E-state index is 6.03. The van der Waals surface area contributed by atoms with Crippen LogP contribution in [0.15, 0.2) is 24.5 Å². The number of halogens is 1. The van der Waals surface area contributed by atoms with Gasteiger partial charge in [-0.05, 0) is 42.6 Å². The summed E-state index contributed by atoms with van der Waals surface area (Å²) in [6, 6.07) is 3.87. The van der Waals surface area contributed by atoms with Crippen molar-refractivity contribution in [3.05, 3.63) is 35.4 Å². The summed E-state index contributed by atoms with van der Waals surface area (Å²) >= 11 is 6.03. The van der Waals surface area contributed by atoms with Crippen molar-refractivity contribution >= 4 is 34.3 Å². The number of aryl methyl sites for hydroxylation is 1. The van der Waals surface area contributed by atoms with Gasteiger partial charge in [0.1, 0.15) is 16.9 Å². The van der Waals surface area contributed by atoms with E-state index in [-0.39, 0.29) is 5.28 Å². The Morgan fingerprint density at radius 3 is 2.96 bits per heavy atom. The van der Waals surface area contributed by atoms with Gasteiger partial charge < -0.3 is 10.1 Å². The van der Waals surface area contributed by atoms with E-state index in [1.54, 1.807) is 12.4 Å². The minimum Gasteiger partial charge on any atom is -0.380 e. The van der Waals surface area contributed by atoms with Gasteiger partial charge in [0.15, 0.2) is 5.82 Å². The van der Waals surface area contributed by atoms with Crippen molar-refractivity contribution in [1.29, 1.82) is 0 Å². The van der Waals surface area contributed by atoms with E-state index in [9.17, 15) is 0 Å². The van der Waals surface area contributed by atoms with E-state index in [0.717, 1.165) is 24.1 Å². The first-order valence-electron chi connectivity index (χ1n) is 7.84. The lowest BCUT2D eigenvalue weighted by Gasteiger charge is -2.10. The first kappa shape index (κ1) is 16.6. The van der Waals surface area contributed by atoms with Gasteiger partial charge in [-0.1, -0.05) is 6.92 Å². The standard InChI is InChI=1S/C16H19ClN6O/c1-3-7-24-8-6-23-14-12(10-19-23)20-16(17)22-15(14)21-13-9-11(2)4-5-18-13/h4-5,9-10H,3,6-8H2,1-2H3,(H,18,20,21,22). The van der Waals surface area contributed by atoms with E-state index < -0.39 is 0 Å². The van der Waals surface area contributed by atoms with Crippen molar-refractivity contribution in [3.63, 3.8) is 0 Å². The zero-order valence-corrected chi connectivity index (χ0v) is 14.4. The Morgan fingerprint density at radius 1 is 1.29 bits per heavy atom. The van der Waals surface area contributed by atoms with Crippen molar-refractivity contribution in [1.82, 2.24) is 24.7 Å². The number of anilines is 2. The fraction of sp³-hybridized carbons (Fsp3) is 0.375. The lowest BCUT2D eigenvalue weighted by atomic mass is 10.3. The zero-order valence-electron chi connectivity index (χ0n) is 13.7. The van der Waals surface area contributed by atoms with Crippen LogP contribution in [0.1, 0.15) is 18.9 Å². The molecule has 0 atom stereocenters. The predicted molar refractivity (Wildman–Crippen MR) is 93.7 cm³/mol. The van der Waals surface area contributed by atoms with Crippen LogP contribution in [0.2, 0.25) is 5.28 Å². The highest BCUT2D eigenvalue weighted by Crippen LogP contribution is 2.24. The first-order valence-corrected chi connectivity index (χ1v) is 8.21. The van der Waals surface area contributed by atoms with Crippen LogP contribution in [-0.2, 0) is 11.3 Å². The smallest absolute Gasteiger partial charge is 0.225 e. The molecule has 0 aromatic carbocycles. The Labute approximate surface area is 145 Å². The quantitative estimate of drug-likeness (QED) is 0.522. The summed E-state index contributed by atoms with van der Waals surface area (Å²) in [5, 5.41) is 7.74. The molecule has 0 saturated heterocycles. The maximum atomic E-state index is 6.03. The fourth-order valence-corrected chi connectivity index (χ4v) is 2.53. The maximum Gasteiger partial charge on any atom is 0.225 e. The van der Waals surface area contributed by atoms with E-state index in [0.29, 0.717) is 30.3 Å². The van der Waals surface area contributed by atoms with E-state index in [1.165, 1.54) is 0 Å². The molecule has 0 fully saturated rings. The Hall–Kier alpha value is -2.25. The third-order valence-corrected chi connectivity index (χ3v) is 3.59. The average molecular weight is 347 g/mol. The lowest BCUT2D eigenvalue weighted by Crippen LogP contribution is -2.09. The largest absolute Gasteiger partial charge is 0.380 e. The molecule has 0 saturated carbocycles. The Bertz CT molecular complexity index is 835. The second-order valence-electron chi connectivity index (χ2n) is 5.40. The van der Waals surface area contributed by atoms with E-state index >= 15 is 0 Å². The van der Waals surface area contributed by atoms with Gasteiger partial charge in [0.25, 0.3) is 0 Å². The average Bonchev–Trinajstić information content (AvgIpc) is 2.94. The summed E-state index contributed by atoms with van der Waals surface area (Å²) in [6.45, 7) is 6.01. The minimum absolute atomic E-state index is 0.166. The molecule has 1 N–H and O–H groups in total. The molecule has 3 aromatic heterocycles. The Kier molecular flexibility index (Phi) is 5.22. The fourth-order valence-electron chi connectivity index (χ4n) is 2.35. The molecular formula is C16H19ClN6O. The Morgan fingerprint density at radius 2 is 2.17 bits per heavy atom. The first-order chi connectivity index (χ1) is 11.7. The Balaban J connectivity index is 1.91. The van der Waals surface area contributed by atoms with Crippen LogP contribution in [0.5, 0.6) is 0 Å². The van der Waals surface area contributed by atoms with Gasteiger partial charge in [-0.3, -0.25) is 4.68 Å². The summed E-state index contributed by atoms with van der Waals surface area (Å²) in [5.74, 6) is 1.28. The number of nitrogens with zero attached hydrogens (tertiary/aromatic N) is 5. The number of fused-ring (bicyclic) bond motifs is 1. The molecule has 0 unspecified atom stereocenters. The normalized spacial score (nSPS) is 11.1. The zero-order chi connectivity index (χ0) is 16.9. The summed E-state index contributed by atoms with van der Waals surface area (Å²) in [4.78, 5) is 12.8.